The molecule has 3 nitrogen and oxygen atoms in total. The molecule has 12 heavy (non-hydrogen) atoms. The van der Waals surface area contributed by atoms with E-state index in [1.54, 1.807) is 0 Å². The Bertz CT molecular complexity index is 193. The van der Waals surface area contributed by atoms with Gasteiger partial charge in [0.05, 0.1) is 6.61 Å². The third-order valence-corrected chi connectivity index (χ3v) is 2.87. The molecule has 2 saturated heterocycles. The molecule has 0 N–H and O–H groups in total. The zero-order valence-electron chi connectivity index (χ0n) is 7.45. The lowest BCUT2D eigenvalue weighted by Gasteiger charge is -2.22. The predicted octanol–water partition coefficient (Wildman–Crippen LogP) is 0.644. The van der Waals surface area contributed by atoms with Crippen molar-refractivity contribution in [3.8, 4) is 0 Å². The number of nitrogens with zero attached hydrogens (tertiary/aromatic N) is 1. The van der Waals surface area contributed by atoms with Crippen LogP contribution in [0.3, 0.4) is 0 Å². The second-order valence-corrected chi connectivity index (χ2v) is 3.65. The van der Waals surface area contributed by atoms with Gasteiger partial charge in [0.2, 0.25) is 0 Å². The number of hydrogen-bond donors (Lipinski definition) is 0. The fraction of sp³-hybridized carbons (Fsp3) is 0.889. The van der Waals surface area contributed by atoms with Crippen molar-refractivity contribution in [2.45, 2.75) is 25.8 Å². The SMILES string of the molecule is CCOC(=O)C1C[C@H]2CCN1C2. The molecule has 3 atom stereocenters. The molecule has 2 heterocycles. The normalized spacial score (nSPS) is 38.6. The highest BCUT2D eigenvalue weighted by molar-refractivity contribution is 5.76. The summed E-state index contributed by atoms with van der Waals surface area (Å²) in [6, 6.07) is 0.0868. The number of carbonyl (C=O) groups excluding carboxylic acids is 1. The molecule has 2 aliphatic rings. The molecule has 68 valence electrons. The van der Waals surface area contributed by atoms with Crippen LogP contribution < -0.4 is 0 Å². The maximum atomic E-state index is 11.4. The zero-order valence-corrected chi connectivity index (χ0v) is 7.45. The number of piperidine rings is 1. The second kappa shape index (κ2) is 3.05. The van der Waals surface area contributed by atoms with E-state index >= 15 is 0 Å². The van der Waals surface area contributed by atoms with Crippen LogP contribution in [0, 0.1) is 5.92 Å². The smallest absolute Gasteiger partial charge is 0.323 e. The molecule has 0 radical (unpaired) electrons. The van der Waals surface area contributed by atoms with Crippen molar-refractivity contribution in [3.63, 3.8) is 0 Å². The summed E-state index contributed by atoms with van der Waals surface area (Å²) in [4.78, 5) is 13.6. The lowest BCUT2D eigenvalue weighted by Crippen LogP contribution is -2.37. The molecular formula is C9H15NO2. The quantitative estimate of drug-likeness (QED) is 0.568. The lowest BCUT2D eigenvalue weighted by molar-refractivity contribution is -0.148. The molecular weight excluding hydrogens is 154 g/mol. The Morgan fingerprint density at radius 2 is 2.50 bits per heavy atom. The first-order chi connectivity index (χ1) is 5.81. The molecule has 0 spiro atoms. The first kappa shape index (κ1) is 8.05. The van der Waals surface area contributed by atoms with Crippen molar-refractivity contribution in [1.82, 2.24) is 4.90 Å². The van der Waals surface area contributed by atoms with Gasteiger partial charge in [-0.25, -0.2) is 0 Å². The van der Waals surface area contributed by atoms with E-state index < -0.39 is 0 Å². The van der Waals surface area contributed by atoms with Gasteiger partial charge in [0.1, 0.15) is 6.04 Å². The third kappa shape index (κ3) is 1.22. The Morgan fingerprint density at radius 3 is 3.00 bits per heavy atom. The standard InChI is InChI=1S/C9H15NO2/c1-2-12-9(11)8-5-7-3-4-10(8)6-7/h7-8H,2-6H2,1H3/t7-,8?/m1/s1. The van der Waals surface area contributed by atoms with E-state index in [9.17, 15) is 4.79 Å². The second-order valence-electron chi connectivity index (χ2n) is 3.65. The summed E-state index contributed by atoms with van der Waals surface area (Å²) in [5.74, 6) is 0.749. The maximum absolute atomic E-state index is 11.4. The minimum absolute atomic E-state index is 0.0142. The minimum atomic E-state index is -0.0142. The summed E-state index contributed by atoms with van der Waals surface area (Å²) in [5, 5.41) is 0. The molecule has 2 bridgehead atoms. The van der Waals surface area contributed by atoms with Gasteiger partial charge in [0, 0.05) is 6.54 Å². The van der Waals surface area contributed by atoms with Crippen molar-refractivity contribution in [3.05, 3.63) is 0 Å². The monoisotopic (exact) mass is 169 g/mol. The van der Waals surface area contributed by atoms with Crippen LogP contribution >= 0.6 is 0 Å². The van der Waals surface area contributed by atoms with E-state index in [0.717, 1.165) is 25.4 Å². The van der Waals surface area contributed by atoms with E-state index in [1.807, 2.05) is 6.92 Å². The van der Waals surface area contributed by atoms with Gasteiger partial charge in [0.15, 0.2) is 0 Å². The van der Waals surface area contributed by atoms with Crippen molar-refractivity contribution in [1.29, 1.82) is 0 Å². The largest absolute Gasteiger partial charge is 0.465 e. The number of ether oxygens (including phenoxy) is 1. The average molecular weight is 169 g/mol. The Morgan fingerprint density at radius 1 is 1.67 bits per heavy atom. The highest BCUT2D eigenvalue weighted by Crippen LogP contribution is 2.33. The highest BCUT2D eigenvalue weighted by Gasteiger charge is 2.41. The first-order valence-electron chi connectivity index (χ1n) is 4.72. The molecule has 2 aliphatic heterocycles. The van der Waals surface area contributed by atoms with Crippen LogP contribution in [-0.2, 0) is 9.53 Å². The summed E-state index contributed by atoms with van der Waals surface area (Å²) >= 11 is 0. The maximum Gasteiger partial charge on any atom is 0.323 e. The van der Waals surface area contributed by atoms with Gasteiger partial charge in [-0.3, -0.25) is 9.69 Å². The molecule has 0 aliphatic carbocycles. The fourth-order valence-electron chi connectivity index (χ4n) is 2.29. The summed E-state index contributed by atoms with van der Waals surface area (Å²) in [6.45, 7) is 4.58. The van der Waals surface area contributed by atoms with Crippen molar-refractivity contribution >= 4 is 5.97 Å². The van der Waals surface area contributed by atoms with Crippen LogP contribution in [0.5, 0.6) is 0 Å². The number of carbonyl (C=O) groups is 1. The minimum Gasteiger partial charge on any atom is -0.465 e. The van der Waals surface area contributed by atoms with E-state index in [0.29, 0.717) is 6.61 Å². The van der Waals surface area contributed by atoms with Crippen molar-refractivity contribution in [2.75, 3.05) is 19.7 Å². The predicted molar refractivity (Wildman–Crippen MR) is 44.7 cm³/mol. The molecule has 2 fully saturated rings. The molecule has 0 aromatic rings. The Hall–Kier alpha value is -0.570. The fourth-order valence-corrected chi connectivity index (χ4v) is 2.29. The summed E-state index contributed by atoms with van der Waals surface area (Å²) in [7, 11) is 0. The lowest BCUT2D eigenvalue weighted by atomic mass is 10.0. The average Bonchev–Trinajstić information content (AvgIpc) is 2.64. The molecule has 0 amide bonds. The van der Waals surface area contributed by atoms with Crippen molar-refractivity contribution < 1.29 is 9.53 Å². The van der Waals surface area contributed by atoms with E-state index in [1.165, 1.54) is 6.42 Å². The number of hydrogen-bond acceptors (Lipinski definition) is 3. The molecule has 0 aromatic carbocycles. The molecule has 0 saturated carbocycles. The van der Waals surface area contributed by atoms with E-state index in [4.69, 9.17) is 4.74 Å². The van der Waals surface area contributed by atoms with Crippen molar-refractivity contribution in [2.24, 2.45) is 5.92 Å². The third-order valence-electron chi connectivity index (χ3n) is 2.87. The van der Waals surface area contributed by atoms with Gasteiger partial charge in [-0.2, -0.15) is 0 Å². The molecule has 3 heteroatoms. The summed E-state index contributed by atoms with van der Waals surface area (Å²) < 4.78 is 5.00. The topological polar surface area (TPSA) is 29.5 Å². The highest BCUT2D eigenvalue weighted by atomic mass is 16.5. The van der Waals surface area contributed by atoms with E-state index in [2.05, 4.69) is 4.90 Å². The molecule has 2 rings (SSSR count). The number of esters is 1. The van der Waals surface area contributed by atoms with Gasteiger partial charge in [-0.15, -0.1) is 0 Å². The van der Waals surface area contributed by atoms with Gasteiger partial charge in [-0.1, -0.05) is 0 Å². The van der Waals surface area contributed by atoms with Crippen LogP contribution in [0.4, 0.5) is 0 Å². The van der Waals surface area contributed by atoms with E-state index in [-0.39, 0.29) is 12.0 Å². The molecule has 2 unspecified atom stereocenters. The molecule has 0 aromatic heterocycles. The first-order valence-corrected chi connectivity index (χ1v) is 4.72. The zero-order chi connectivity index (χ0) is 8.55. The Balaban J connectivity index is 1.93. The van der Waals surface area contributed by atoms with Crippen LogP contribution in [0.1, 0.15) is 19.8 Å². The Kier molecular flexibility index (Phi) is 2.05. The van der Waals surface area contributed by atoms with Gasteiger partial charge >= 0.3 is 5.97 Å². The number of rotatable bonds is 2. The van der Waals surface area contributed by atoms with Crippen LogP contribution in [0.25, 0.3) is 0 Å². The Labute approximate surface area is 72.7 Å². The van der Waals surface area contributed by atoms with Gasteiger partial charge < -0.3 is 4.74 Å². The number of fused-ring (bicyclic) bond motifs is 2. The summed E-state index contributed by atoms with van der Waals surface area (Å²) in [6.07, 6.45) is 2.30. The van der Waals surface area contributed by atoms with Crippen LogP contribution in [0.2, 0.25) is 0 Å². The van der Waals surface area contributed by atoms with Crippen LogP contribution in [0.15, 0.2) is 0 Å². The summed E-state index contributed by atoms with van der Waals surface area (Å²) in [5.41, 5.74) is 0. The van der Waals surface area contributed by atoms with Crippen LogP contribution in [-0.4, -0.2) is 36.6 Å². The van der Waals surface area contributed by atoms with Gasteiger partial charge in [0.25, 0.3) is 0 Å². The van der Waals surface area contributed by atoms with Gasteiger partial charge in [-0.05, 0) is 32.2 Å².